The Kier molecular flexibility index (Phi) is 5.14. The largest absolute Gasteiger partial charge is 0.459 e. The maximum Gasteiger partial charge on any atom is 0.289 e. The lowest BCUT2D eigenvalue weighted by Gasteiger charge is -2.44. The van der Waals surface area contributed by atoms with Crippen LogP contribution in [-0.2, 0) is 0 Å². The molecular weight excluding hydrogens is 407 g/mol. The van der Waals surface area contributed by atoms with E-state index in [2.05, 4.69) is 0 Å². The molecule has 5 nitrogen and oxygen atoms in total. The maximum atomic E-state index is 13.1. The van der Waals surface area contributed by atoms with E-state index < -0.39 is 0 Å². The summed E-state index contributed by atoms with van der Waals surface area (Å²) in [5.41, 5.74) is 0.469. The molecule has 0 aliphatic carbocycles. The number of benzene rings is 1. The van der Waals surface area contributed by atoms with Crippen molar-refractivity contribution in [3.8, 4) is 0 Å². The second kappa shape index (κ2) is 7.41. The predicted octanol–water partition coefficient (Wildman–Crippen LogP) is 4.41. The van der Waals surface area contributed by atoms with Crippen LogP contribution in [0.25, 0.3) is 0 Å². The zero-order valence-corrected chi connectivity index (χ0v) is 16.8. The Bertz CT molecular complexity index is 864. The Morgan fingerprint density at radius 1 is 1.07 bits per heavy atom. The number of piperidine rings is 1. The van der Waals surface area contributed by atoms with Gasteiger partial charge in [0.25, 0.3) is 11.8 Å². The van der Waals surface area contributed by atoms with Gasteiger partial charge in [-0.25, -0.2) is 0 Å². The number of hydrogen-bond donors (Lipinski definition) is 0. The molecule has 4 rings (SSSR count). The Hall–Kier alpha value is -1.63. The van der Waals surface area contributed by atoms with Gasteiger partial charge < -0.3 is 14.2 Å². The minimum absolute atomic E-state index is 0.0764. The van der Waals surface area contributed by atoms with E-state index in [-0.39, 0.29) is 16.7 Å². The van der Waals surface area contributed by atoms with Gasteiger partial charge in [0.1, 0.15) is 0 Å². The van der Waals surface area contributed by atoms with Crippen molar-refractivity contribution in [2.75, 3.05) is 25.4 Å². The van der Waals surface area contributed by atoms with E-state index in [1.165, 1.54) is 6.26 Å². The SMILES string of the molecule is O=C(c1ccco1)N1CCC2(CC1)SCCN2C(=O)c1ccc(Cl)cc1Cl. The van der Waals surface area contributed by atoms with Gasteiger partial charge in [0, 0.05) is 30.4 Å². The number of carbonyl (C=O) groups is 2. The van der Waals surface area contributed by atoms with Gasteiger partial charge in [-0.2, -0.15) is 0 Å². The molecule has 0 atom stereocenters. The second-order valence-electron chi connectivity index (χ2n) is 6.65. The van der Waals surface area contributed by atoms with E-state index in [0.717, 1.165) is 18.6 Å². The average Bonchev–Trinajstić information content (AvgIpc) is 3.32. The van der Waals surface area contributed by atoms with Crippen molar-refractivity contribution in [1.29, 1.82) is 0 Å². The molecule has 142 valence electrons. The molecule has 2 saturated heterocycles. The number of carbonyl (C=O) groups excluding carboxylic acids is 2. The Labute approximate surface area is 171 Å². The fourth-order valence-electron chi connectivity index (χ4n) is 3.73. The predicted molar refractivity (Wildman–Crippen MR) is 107 cm³/mol. The third kappa shape index (κ3) is 3.46. The molecule has 0 radical (unpaired) electrons. The van der Waals surface area contributed by atoms with E-state index in [9.17, 15) is 9.59 Å². The van der Waals surface area contributed by atoms with Gasteiger partial charge in [0.2, 0.25) is 0 Å². The number of nitrogens with zero attached hydrogens (tertiary/aromatic N) is 2. The summed E-state index contributed by atoms with van der Waals surface area (Å²) >= 11 is 14.0. The molecule has 1 aromatic carbocycles. The normalized spacial score (nSPS) is 18.9. The highest BCUT2D eigenvalue weighted by Crippen LogP contribution is 2.45. The van der Waals surface area contributed by atoms with Crippen LogP contribution in [0.2, 0.25) is 10.0 Å². The van der Waals surface area contributed by atoms with E-state index in [0.29, 0.717) is 41.0 Å². The number of amides is 2. The van der Waals surface area contributed by atoms with Gasteiger partial charge in [0.05, 0.1) is 21.7 Å². The third-order valence-electron chi connectivity index (χ3n) is 5.15. The lowest BCUT2D eigenvalue weighted by Crippen LogP contribution is -2.53. The third-order valence-corrected chi connectivity index (χ3v) is 7.25. The molecule has 2 aromatic rings. The Morgan fingerprint density at radius 3 is 2.52 bits per heavy atom. The van der Waals surface area contributed by atoms with Crippen molar-refractivity contribution in [3.05, 3.63) is 58.0 Å². The van der Waals surface area contributed by atoms with E-state index in [1.54, 1.807) is 47.0 Å². The first kappa shape index (κ1) is 18.7. The van der Waals surface area contributed by atoms with Crippen LogP contribution < -0.4 is 0 Å². The molecule has 2 aliphatic rings. The summed E-state index contributed by atoms with van der Waals surface area (Å²) in [4.78, 5) is 29.1. The van der Waals surface area contributed by atoms with Crippen molar-refractivity contribution in [3.63, 3.8) is 0 Å². The summed E-state index contributed by atoms with van der Waals surface area (Å²) in [6.07, 6.45) is 2.95. The van der Waals surface area contributed by atoms with Crippen LogP contribution in [0.4, 0.5) is 0 Å². The van der Waals surface area contributed by atoms with Gasteiger partial charge in [-0.05, 0) is 43.2 Å². The van der Waals surface area contributed by atoms with Crippen LogP contribution in [0.15, 0.2) is 41.0 Å². The minimum Gasteiger partial charge on any atom is -0.459 e. The first-order valence-corrected chi connectivity index (χ1v) is 10.5. The zero-order valence-electron chi connectivity index (χ0n) is 14.5. The summed E-state index contributed by atoms with van der Waals surface area (Å²) in [6.45, 7) is 1.85. The van der Waals surface area contributed by atoms with E-state index in [4.69, 9.17) is 27.6 Å². The topological polar surface area (TPSA) is 53.8 Å². The molecule has 3 heterocycles. The first-order valence-electron chi connectivity index (χ1n) is 8.74. The number of furan rings is 1. The average molecular weight is 425 g/mol. The first-order chi connectivity index (χ1) is 13.0. The Morgan fingerprint density at radius 2 is 1.85 bits per heavy atom. The molecule has 2 amide bonds. The molecule has 2 aliphatic heterocycles. The zero-order chi connectivity index (χ0) is 19.0. The molecular formula is C19H18Cl2N2O3S. The number of hydrogen-bond acceptors (Lipinski definition) is 4. The van der Waals surface area contributed by atoms with Crippen molar-refractivity contribution in [1.82, 2.24) is 9.80 Å². The van der Waals surface area contributed by atoms with Crippen LogP contribution in [0, 0.1) is 0 Å². The lowest BCUT2D eigenvalue weighted by atomic mass is 10.0. The van der Waals surface area contributed by atoms with E-state index in [1.807, 2.05) is 4.90 Å². The highest BCUT2D eigenvalue weighted by molar-refractivity contribution is 8.00. The maximum absolute atomic E-state index is 13.1. The summed E-state index contributed by atoms with van der Waals surface area (Å²) in [5.74, 6) is 1.05. The number of halogens is 2. The molecule has 0 saturated carbocycles. The van der Waals surface area contributed by atoms with Gasteiger partial charge in [-0.1, -0.05) is 23.2 Å². The molecule has 0 bridgehead atoms. The number of rotatable bonds is 2. The molecule has 0 unspecified atom stereocenters. The van der Waals surface area contributed by atoms with Crippen LogP contribution in [0.3, 0.4) is 0 Å². The summed E-state index contributed by atoms with van der Waals surface area (Å²) in [7, 11) is 0. The summed E-state index contributed by atoms with van der Waals surface area (Å²) in [5, 5.41) is 0.872. The van der Waals surface area contributed by atoms with Crippen LogP contribution in [0.5, 0.6) is 0 Å². The Balaban J connectivity index is 1.50. The quantitative estimate of drug-likeness (QED) is 0.716. The molecule has 1 aromatic heterocycles. The standard InChI is InChI=1S/C19H18Cl2N2O3S/c20-13-3-4-14(15(21)12-13)17(24)23-9-11-27-19(23)5-7-22(8-6-19)18(25)16-2-1-10-26-16/h1-4,10,12H,5-9,11H2. The number of thioether (sulfide) groups is 1. The highest BCUT2D eigenvalue weighted by Gasteiger charge is 2.47. The van der Waals surface area contributed by atoms with Crippen LogP contribution in [-0.4, -0.2) is 51.9 Å². The number of likely N-dealkylation sites (tertiary alicyclic amines) is 1. The van der Waals surface area contributed by atoms with E-state index >= 15 is 0 Å². The fourth-order valence-corrected chi connectivity index (χ4v) is 5.68. The van der Waals surface area contributed by atoms with Gasteiger partial charge in [-0.3, -0.25) is 9.59 Å². The molecule has 27 heavy (non-hydrogen) atoms. The summed E-state index contributed by atoms with van der Waals surface area (Å²) in [6, 6.07) is 8.34. The second-order valence-corrected chi connectivity index (χ2v) is 8.95. The monoisotopic (exact) mass is 424 g/mol. The van der Waals surface area contributed by atoms with Crippen molar-refractivity contribution < 1.29 is 14.0 Å². The van der Waals surface area contributed by atoms with Gasteiger partial charge in [0.15, 0.2) is 5.76 Å². The lowest BCUT2D eigenvalue weighted by molar-refractivity contribution is 0.0484. The van der Waals surface area contributed by atoms with Crippen molar-refractivity contribution >= 4 is 46.8 Å². The molecule has 1 spiro atoms. The van der Waals surface area contributed by atoms with Crippen LogP contribution in [0.1, 0.15) is 33.8 Å². The molecule has 8 heteroatoms. The fraction of sp³-hybridized carbons (Fsp3) is 0.368. The van der Waals surface area contributed by atoms with Crippen molar-refractivity contribution in [2.24, 2.45) is 0 Å². The van der Waals surface area contributed by atoms with Crippen molar-refractivity contribution in [2.45, 2.75) is 17.7 Å². The van der Waals surface area contributed by atoms with Gasteiger partial charge in [-0.15, -0.1) is 11.8 Å². The smallest absolute Gasteiger partial charge is 0.289 e. The highest BCUT2D eigenvalue weighted by atomic mass is 35.5. The van der Waals surface area contributed by atoms with Crippen LogP contribution >= 0.6 is 35.0 Å². The van der Waals surface area contributed by atoms with Gasteiger partial charge >= 0.3 is 0 Å². The minimum atomic E-state index is -0.292. The summed E-state index contributed by atoms with van der Waals surface area (Å²) < 4.78 is 5.22. The molecule has 2 fully saturated rings. The molecule has 0 N–H and O–H groups in total.